The number of rotatable bonds is 9. The third-order valence-electron chi connectivity index (χ3n) is 2.69. The number of ketones is 1. The molecule has 0 radical (unpaired) electrons. The van der Waals surface area contributed by atoms with Crippen LogP contribution in [0, 0.1) is 5.92 Å². The van der Waals surface area contributed by atoms with Crippen molar-refractivity contribution in [3.63, 3.8) is 0 Å². The Labute approximate surface area is 111 Å². The van der Waals surface area contributed by atoms with E-state index in [0.29, 0.717) is 0 Å². The van der Waals surface area contributed by atoms with E-state index >= 15 is 0 Å². The maximum Gasteiger partial charge on any atom is 0.303 e. The minimum atomic E-state index is -1.04. The first-order valence-corrected chi connectivity index (χ1v) is 5.98. The lowest BCUT2D eigenvalue weighted by Gasteiger charge is -2.18. The van der Waals surface area contributed by atoms with Gasteiger partial charge in [0.2, 0.25) is 5.91 Å². The Balaban J connectivity index is 4.33. The summed E-state index contributed by atoms with van der Waals surface area (Å²) in [5, 5.41) is 19.5. The van der Waals surface area contributed by atoms with Gasteiger partial charge in [0, 0.05) is 18.8 Å². The Morgan fingerprint density at radius 2 is 1.47 bits per heavy atom. The molecular weight excluding hydrogens is 254 g/mol. The maximum atomic E-state index is 11.7. The molecule has 108 valence electrons. The number of aliphatic carboxylic acids is 2. The van der Waals surface area contributed by atoms with E-state index in [9.17, 15) is 19.2 Å². The normalized spacial score (nSPS) is 13.4. The number of carbonyl (C=O) groups excluding carboxylic acids is 2. The molecule has 0 aromatic rings. The monoisotopic (exact) mass is 273 g/mol. The second-order valence-electron chi connectivity index (χ2n) is 4.44. The van der Waals surface area contributed by atoms with Gasteiger partial charge in [-0.1, -0.05) is 6.92 Å². The first-order chi connectivity index (χ1) is 8.73. The summed E-state index contributed by atoms with van der Waals surface area (Å²) in [4.78, 5) is 43.8. The van der Waals surface area contributed by atoms with Crippen LogP contribution in [0.15, 0.2) is 0 Å². The third kappa shape index (κ3) is 7.91. The molecule has 0 aromatic carbocycles. The number of carbonyl (C=O) groups is 4. The molecular formula is C12H19NO6. The zero-order valence-electron chi connectivity index (χ0n) is 11.0. The van der Waals surface area contributed by atoms with Gasteiger partial charge in [0.15, 0.2) is 5.78 Å². The molecule has 0 bridgehead atoms. The number of carboxylic acids is 2. The van der Waals surface area contributed by atoms with Crippen LogP contribution in [0.1, 0.15) is 39.5 Å². The van der Waals surface area contributed by atoms with Crippen molar-refractivity contribution in [2.75, 3.05) is 0 Å². The molecule has 7 nitrogen and oxygen atoms in total. The Hall–Kier alpha value is -1.92. The first-order valence-electron chi connectivity index (χ1n) is 5.98. The SMILES string of the molecule is CC(=O)C(CCC(=O)O)NC(=O)C(C)CCC(=O)O. The summed E-state index contributed by atoms with van der Waals surface area (Å²) in [6, 6.07) is -0.837. The minimum absolute atomic E-state index is 0.0298. The van der Waals surface area contributed by atoms with Gasteiger partial charge < -0.3 is 15.5 Å². The fourth-order valence-electron chi connectivity index (χ4n) is 1.43. The fourth-order valence-corrected chi connectivity index (χ4v) is 1.43. The lowest BCUT2D eigenvalue weighted by Crippen LogP contribution is -2.42. The highest BCUT2D eigenvalue weighted by Gasteiger charge is 2.21. The van der Waals surface area contributed by atoms with Gasteiger partial charge in [0.1, 0.15) is 0 Å². The quantitative estimate of drug-likeness (QED) is 0.560. The van der Waals surface area contributed by atoms with Gasteiger partial charge in [-0.25, -0.2) is 0 Å². The summed E-state index contributed by atoms with van der Waals surface area (Å²) >= 11 is 0. The average molecular weight is 273 g/mol. The summed E-state index contributed by atoms with van der Waals surface area (Å²) in [6.45, 7) is 2.83. The topological polar surface area (TPSA) is 121 Å². The summed E-state index contributed by atoms with van der Waals surface area (Å²) in [6.07, 6.45) is -0.144. The van der Waals surface area contributed by atoms with Crippen molar-refractivity contribution < 1.29 is 29.4 Å². The highest BCUT2D eigenvalue weighted by atomic mass is 16.4. The molecule has 0 heterocycles. The van der Waals surface area contributed by atoms with Crippen molar-refractivity contribution in [3.05, 3.63) is 0 Å². The predicted molar refractivity (Wildman–Crippen MR) is 65.5 cm³/mol. The highest BCUT2D eigenvalue weighted by Crippen LogP contribution is 2.07. The molecule has 0 saturated carbocycles. The van der Waals surface area contributed by atoms with Crippen LogP contribution < -0.4 is 5.32 Å². The molecule has 0 saturated heterocycles. The largest absolute Gasteiger partial charge is 0.481 e. The van der Waals surface area contributed by atoms with E-state index in [1.165, 1.54) is 6.92 Å². The molecule has 7 heteroatoms. The van der Waals surface area contributed by atoms with Gasteiger partial charge in [-0.3, -0.25) is 19.2 Å². The van der Waals surface area contributed by atoms with Gasteiger partial charge >= 0.3 is 11.9 Å². The van der Waals surface area contributed by atoms with Gasteiger partial charge in [-0.15, -0.1) is 0 Å². The molecule has 19 heavy (non-hydrogen) atoms. The molecule has 3 N–H and O–H groups in total. The van der Waals surface area contributed by atoms with Gasteiger partial charge in [-0.2, -0.15) is 0 Å². The molecule has 0 aromatic heterocycles. The number of carboxylic acid groups (broad SMARTS) is 2. The van der Waals surface area contributed by atoms with Crippen molar-refractivity contribution in [3.8, 4) is 0 Å². The Kier molecular flexibility index (Phi) is 7.40. The van der Waals surface area contributed by atoms with E-state index in [1.807, 2.05) is 0 Å². The van der Waals surface area contributed by atoms with Crippen LogP contribution >= 0.6 is 0 Å². The van der Waals surface area contributed by atoms with Crippen LogP contribution in [0.4, 0.5) is 0 Å². The minimum Gasteiger partial charge on any atom is -0.481 e. The number of hydrogen-bond acceptors (Lipinski definition) is 4. The van der Waals surface area contributed by atoms with E-state index in [0.717, 1.165) is 0 Å². The summed E-state index contributed by atoms with van der Waals surface area (Å²) in [5.41, 5.74) is 0. The van der Waals surface area contributed by atoms with Crippen molar-refractivity contribution in [2.24, 2.45) is 5.92 Å². The van der Waals surface area contributed by atoms with Gasteiger partial charge in [-0.05, 0) is 19.8 Å². The predicted octanol–water partition coefficient (Wildman–Crippen LogP) is 0.426. The Morgan fingerprint density at radius 1 is 1.00 bits per heavy atom. The Bertz CT molecular complexity index is 365. The number of hydrogen-bond donors (Lipinski definition) is 3. The van der Waals surface area contributed by atoms with Crippen molar-refractivity contribution >= 4 is 23.6 Å². The molecule has 1 amide bonds. The lowest BCUT2D eigenvalue weighted by atomic mass is 10.0. The highest BCUT2D eigenvalue weighted by molar-refractivity contribution is 5.88. The molecule has 0 aliphatic rings. The molecule has 0 spiro atoms. The standard InChI is InChI=1S/C12H19NO6/c1-7(3-5-10(15)16)12(19)13-9(8(2)14)4-6-11(17)18/h7,9H,3-6H2,1-2H3,(H,13,19)(H,15,16)(H,17,18). The van der Waals surface area contributed by atoms with Crippen LogP contribution in [0.3, 0.4) is 0 Å². The van der Waals surface area contributed by atoms with Crippen LogP contribution in [-0.4, -0.2) is 39.9 Å². The number of nitrogens with one attached hydrogen (secondary N) is 1. The van der Waals surface area contributed by atoms with Gasteiger partial charge in [0.25, 0.3) is 0 Å². The van der Waals surface area contributed by atoms with Crippen LogP contribution in [-0.2, 0) is 19.2 Å². The van der Waals surface area contributed by atoms with E-state index in [-0.39, 0.29) is 31.5 Å². The van der Waals surface area contributed by atoms with E-state index in [4.69, 9.17) is 10.2 Å². The number of amides is 1. The van der Waals surface area contributed by atoms with Gasteiger partial charge in [0.05, 0.1) is 6.04 Å². The molecule has 0 rings (SSSR count). The second-order valence-corrected chi connectivity index (χ2v) is 4.44. The molecule has 0 aliphatic heterocycles. The van der Waals surface area contributed by atoms with E-state index in [1.54, 1.807) is 6.92 Å². The van der Waals surface area contributed by atoms with Crippen LogP contribution in [0.2, 0.25) is 0 Å². The molecule has 2 atom stereocenters. The average Bonchev–Trinajstić information content (AvgIpc) is 2.30. The summed E-state index contributed by atoms with van der Waals surface area (Å²) < 4.78 is 0. The van der Waals surface area contributed by atoms with E-state index in [2.05, 4.69) is 5.32 Å². The maximum absolute atomic E-state index is 11.7. The second kappa shape index (κ2) is 8.23. The Morgan fingerprint density at radius 3 is 1.89 bits per heavy atom. The summed E-state index contributed by atoms with van der Waals surface area (Å²) in [7, 11) is 0. The third-order valence-corrected chi connectivity index (χ3v) is 2.69. The number of Topliss-reactive ketones (excluding diaryl/α,β-unsaturated/α-hetero) is 1. The molecule has 0 fully saturated rings. The van der Waals surface area contributed by atoms with E-state index < -0.39 is 29.8 Å². The first kappa shape index (κ1) is 17.1. The zero-order valence-corrected chi connectivity index (χ0v) is 11.0. The molecule has 0 aliphatic carbocycles. The molecule has 2 unspecified atom stereocenters. The smallest absolute Gasteiger partial charge is 0.303 e. The van der Waals surface area contributed by atoms with Crippen molar-refractivity contribution in [1.82, 2.24) is 5.32 Å². The van der Waals surface area contributed by atoms with Crippen LogP contribution in [0.25, 0.3) is 0 Å². The fraction of sp³-hybridized carbons (Fsp3) is 0.667. The van der Waals surface area contributed by atoms with Crippen molar-refractivity contribution in [1.29, 1.82) is 0 Å². The van der Waals surface area contributed by atoms with Crippen molar-refractivity contribution in [2.45, 2.75) is 45.6 Å². The summed E-state index contributed by atoms with van der Waals surface area (Å²) in [5.74, 6) is -3.33. The van der Waals surface area contributed by atoms with Crippen LogP contribution in [0.5, 0.6) is 0 Å². The zero-order chi connectivity index (χ0) is 15.0. The lowest BCUT2D eigenvalue weighted by molar-refractivity contribution is -0.139.